The second-order valence-corrected chi connectivity index (χ2v) is 10.8. The van der Waals surface area contributed by atoms with E-state index in [-0.39, 0.29) is 61.7 Å². The zero-order valence-electron chi connectivity index (χ0n) is 20.9. The van der Waals surface area contributed by atoms with E-state index in [4.69, 9.17) is 24.3 Å². The SMILES string of the molecule is Nc1nc2c(ncn2[C@@H]2OC(OPCC[C@H]3C[C@H](n4cnc5c(=O)[nH]cnc54)O[C@@H]3COP)C[C@H]2OO)c(=O)[nH]1. The molecule has 19 heteroatoms. The predicted molar refractivity (Wildman–Crippen MR) is 143 cm³/mol. The van der Waals surface area contributed by atoms with Crippen LogP contribution in [0.15, 0.2) is 28.6 Å². The Morgan fingerprint density at radius 2 is 1.93 bits per heavy atom. The molecule has 2 aliphatic heterocycles. The number of nitrogens with one attached hydrogen (secondary N) is 2. The van der Waals surface area contributed by atoms with Crippen LogP contribution in [0.2, 0.25) is 0 Å². The van der Waals surface area contributed by atoms with Crippen LogP contribution in [0.25, 0.3) is 22.3 Å². The van der Waals surface area contributed by atoms with E-state index in [1.54, 1.807) is 10.9 Å². The Kier molecular flexibility index (Phi) is 7.88. The third kappa shape index (κ3) is 5.15. The highest BCUT2D eigenvalue weighted by Crippen LogP contribution is 2.40. The lowest BCUT2D eigenvalue weighted by molar-refractivity contribution is -0.293. The summed E-state index contributed by atoms with van der Waals surface area (Å²) in [5.74, 6) is 0.0986. The fourth-order valence-electron chi connectivity index (χ4n) is 5.15. The standard InChI is InChI=1S/C21H27N9O8P2/c22-21-27-17-15(19(32)28-21)26-8-30(17)20-10(37-33)4-13(36-20)38-40-2-1-9-3-12(35-11(9)5-34-39)29-7-25-14-16(29)23-6-24-18(14)31/h6-13,20,33,40H,1-5,39H2,(H,23,24,31)(H3,22,27,28,32)/t9-,10+,11+,12+,13?,20+/m0/s1. The van der Waals surface area contributed by atoms with Crippen LogP contribution in [0.3, 0.4) is 0 Å². The third-order valence-electron chi connectivity index (χ3n) is 7.02. The Balaban J connectivity index is 1.06. The van der Waals surface area contributed by atoms with Crippen molar-refractivity contribution in [1.82, 2.24) is 39.0 Å². The van der Waals surface area contributed by atoms with E-state index < -0.39 is 24.2 Å². The number of hydrogen-bond acceptors (Lipinski definition) is 13. The number of anilines is 1. The average molecular weight is 595 g/mol. The number of aromatic nitrogens is 8. The molecule has 0 bridgehead atoms. The maximum atomic E-state index is 12.1. The minimum absolute atomic E-state index is 0.0670. The zero-order valence-corrected chi connectivity index (χ0v) is 23.0. The Bertz CT molecular complexity index is 1610. The van der Waals surface area contributed by atoms with E-state index in [0.717, 1.165) is 12.6 Å². The number of H-pyrrole nitrogens is 2. The number of hydrogen-bond donors (Lipinski definition) is 4. The fraction of sp³-hybridized carbons (Fsp3) is 0.524. The summed E-state index contributed by atoms with van der Waals surface area (Å²) in [6, 6.07) is 0. The van der Waals surface area contributed by atoms with Gasteiger partial charge < -0.3 is 29.2 Å². The van der Waals surface area contributed by atoms with E-state index in [1.807, 2.05) is 0 Å². The highest BCUT2D eigenvalue weighted by Gasteiger charge is 2.40. The van der Waals surface area contributed by atoms with Gasteiger partial charge >= 0.3 is 0 Å². The van der Waals surface area contributed by atoms with Gasteiger partial charge in [-0.05, 0) is 24.9 Å². The van der Waals surface area contributed by atoms with Crippen molar-refractivity contribution in [3.63, 3.8) is 0 Å². The monoisotopic (exact) mass is 595 g/mol. The van der Waals surface area contributed by atoms with Crippen molar-refractivity contribution in [1.29, 1.82) is 0 Å². The van der Waals surface area contributed by atoms with Crippen LogP contribution in [0.1, 0.15) is 31.7 Å². The molecule has 0 radical (unpaired) electrons. The Morgan fingerprint density at radius 1 is 1.12 bits per heavy atom. The molecule has 0 spiro atoms. The molecule has 2 fully saturated rings. The molecule has 4 aromatic rings. The maximum Gasteiger partial charge on any atom is 0.280 e. The molecule has 0 aliphatic carbocycles. The third-order valence-corrected chi connectivity index (χ3v) is 8.14. The molecule has 3 unspecified atom stereocenters. The van der Waals surface area contributed by atoms with Crippen molar-refractivity contribution in [3.05, 3.63) is 39.7 Å². The summed E-state index contributed by atoms with van der Waals surface area (Å²) in [5, 5.41) is 9.48. The van der Waals surface area contributed by atoms with Gasteiger partial charge in [0.05, 0.1) is 31.7 Å². The Labute approximate surface area is 228 Å². The number of aromatic amines is 2. The fourth-order valence-corrected chi connectivity index (χ4v) is 6.29. The normalized spacial score (nSPS) is 27.1. The minimum Gasteiger partial charge on any atom is -0.369 e. The second-order valence-electron chi connectivity index (χ2n) is 9.43. The van der Waals surface area contributed by atoms with Crippen molar-refractivity contribution in [3.8, 4) is 0 Å². The minimum atomic E-state index is -0.822. The quantitative estimate of drug-likeness (QED) is 0.0857. The van der Waals surface area contributed by atoms with Gasteiger partial charge in [-0.2, -0.15) is 4.98 Å². The van der Waals surface area contributed by atoms with Crippen molar-refractivity contribution in [2.24, 2.45) is 5.92 Å². The van der Waals surface area contributed by atoms with Gasteiger partial charge in [0.1, 0.15) is 12.3 Å². The van der Waals surface area contributed by atoms with Gasteiger partial charge in [0.2, 0.25) is 5.95 Å². The van der Waals surface area contributed by atoms with Crippen LogP contribution in [-0.2, 0) is 23.4 Å². The van der Waals surface area contributed by atoms with E-state index in [9.17, 15) is 14.8 Å². The molecule has 17 nitrogen and oxygen atoms in total. The molecule has 6 heterocycles. The average Bonchev–Trinajstić information content (AvgIpc) is 3.71. The number of nitrogens with two attached hydrogens (primary N) is 1. The first-order chi connectivity index (χ1) is 19.5. The van der Waals surface area contributed by atoms with Gasteiger partial charge in [0.15, 0.2) is 34.8 Å². The second kappa shape index (κ2) is 11.5. The van der Waals surface area contributed by atoms with E-state index in [0.29, 0.717) is 18.7 Å². The van der Waals surface area contributed by atoms with Gasteiger partial charge in [0.25, 0.3) is 11.1 Å². The van der Waals surface area contributed by atoms with Crippen LogP contribution in [0.5, 0.6) is 0 Å². The summed E-state index contributed by atoms with van der Waals surface area (Å²) < 4.78 is 26.8. The van der Waals surface area contributed by atoms with Crippen molar-refractivity contribution >= 4 is 46.6 Å². The van der Waals surface area contributed by atoms with Gasteiger partial charge in [-0.25, -0.2) is 19.8 Å². The maximum absolute atomic E-state index is 12.1. The molecule has 40 heavy (non-hydrogen) atoms. The van der Waals surface area contributed by atoms with Crippen LogP contribution in [0, 0.1) is 5.92 Å². The lowest BCUT2D eigenvalue weighted by Crippen LogP contribution is -2.22. The Hall–Kier alpha value is -2.88. The van der Waals surface area contributed by atoms with Crippen LogP contribution >= 0.6 is 18.3 Å². The van der Waals surface area contributed by atoms with Gasteiger partial charge in [-0.1, -0.05) is 0 Å². The molecule has 2 saturated heterocycles. The lowest BCUT2D eigenvalue weighted by Gasteiger charge is -2.18. The summed E-state index contributed by atoms with van der Waals surface area (Å²) >= 11 is 0. The number of nitrogens with zero attached hydrogens (tertiary/aromatic N) is 6. The summed E-state index contributed by atoms with van der Waals surface area (Å²) in [6.45, 7) is 0.389. The van der Waals surface area contributed by atoms with Gasteiger partial charge in [0, 0.05) is 24.7 Å². The summed E-state index contributed by atoms with van der Waals surface area (Å²) in [5.41, 5.74) is 5.92. The van der Waals surface area contributed by atoms with Gasteiger partial charge in [-0.15, -0.1) is 0 Å². The number of nitrogen functional groups attached to an aromatic ring is 1. The molecular weight excluding hydrogens is 568 g/mol. The largest absolute Gasteiger partial charge is 0.369 e. The zero-order chi connectivity index (χ0) is 27.8. The smallest absolute Gasteiger partial charge is 0.280 e. The molecule has 214 valence electrons. The van der Waals surface area contributed by atoms with Crippen molar-refractivity contribution in [2.75, 3.05) is 18.5 Å². The Morgan fingerprint density at radius 3 is 2.73 bits per heavy atom. The summed E-state index contributed by atoms with van der Waals surface area (Å²) in [4.78, 5) is 50.4. The first kappa shape index (κ1) is 27.3. The predicted octanol–water partition coefficient (Wildman–Crippen LogP) is 0.649. The molecule has 2 aliphatic rings. The topological polar surface area (TPSA) is 220 Å². The molecule has 6 rings (SSSR count). The van der Waals surface area contributed by atoms with E-state index in [1.165, 1.54) is 17.2 Å². The summed E-state index contributed by atoms with van der Waals surface area (Å²) in [6.07, 6.45) is 4.02. The van der Waals surface area contributed by atoms with E-state index >= 15 is 0 Å². The summed E-state index contributed by atoms with van der Waals surface area (Å²) in [7, 11) is 2.35. The van der Waals surface area contributed by atoms with Crippen molar-refractivity contribution < 1.29 is 28.7 Å². The van der Waals surface area contributed by atoms with Crippen molar-refractivity contribution in [2.45, 2.75) is 50.2 Å². The number of imidazole rings is 2. The molecule has 4 aromatic heterocycles. The first-order valence-corrected chi connectivity index (χ1v) is 14.0. The number of fused-ring (bicyclic) bond motifs is 2. The molecule has 8 atom stereocenters. The number of rotatable bonds is 10. The molecule has 0 saturated carbocycles. The molecule has 5 N–H and O–H groups in total. The van der Waals surface area contributed by atoms with Gasteiger partial charge in [-0.3, -0.25) is 29.0 Å². The first-order valence-electron chi connectivity index (χ1n) is 12.4. The van der Waals surface area contributed by atoms with E-state index in [2.05, 4.69) is 44.3 Å². The highest BCUT2D eigenvalue weighted by molar-refractivity contribution is 7.32. The van der Waals surface area contributed by atoms with Crippen LogP contribution in [0.4, 0.5) is 5.95 Å². The molecule has 0 aromatic carbocycles. The lowest BCUT2D eigenvalue weighted by atomic mass is 9.98. The molecular formula is C21H27N9O8P2. The molecule has 0 amide bonds. The number of ether oxygens (including phenoxy) is 2. The van der Waals surface area contributed by atoms with Crippen LogP contribution < -0.4 is 16.9 Å². The van der Waals surface area contributed by atoms with Crippen LogP contribution in [-0.4, -0.2) is 75.6 Å². The highest BCUT2D eigenvalue weighted by atomic mass is 31.1.